The number of anilines is 1. The molecular weight excluding hydrogens is 406 g/mol. The van der Waals surface area contributed by atoms with Crippen molar-refractivity contribution < 1.29 is 9.53 Å². The predicted octanol–water partition coefficient (Wildman–Crippen LogP) is 2.59. The molecule has 0 spiro atoms. The molecule has 1 amide bonds. The summed E-state index contributed by atoms with van der Waals surface area (Å²) in [6.07, 6.45) is 0. The van der Waals surface area contributed by atoms with Crippen LogP contribution in [0.25, 0.3) is 10.2 Å². The van der Waals surface area contributed by atoms with Crippen LogP contribution in [0.3, 0.4) is 0 Å². The minimum Gasteiger partial charge on any atom is -0.492 e. The molecule has 1 aliphatic rings. The number of carbonyl (C=O) groups is 1. The molecule has 7 nitrogen and oxygen atoms in total. The van der Waals surface area contributed by atoms with Crippen molar-refractivity contribution >= 4 is 45.0 Å². The number of hydrogen-bond acceptors (Lipinski definition) is 8. The van der Waals surface area contributed by atoms with E-state index in [9.17, 15) is 4.79 Å². The number of piperazine rings is 1. The van der Waals surface area contributed by atoms with Gasteiger partial charge in [-0.3, -0.25) is 9.69 Å². The number of fused-ring (bicyclic) bond motifs is 1. The number of thiophene rings is 1. The minimum absolute atomic E-state index is 0.114. The van der Waals surface area contributed by atoms with Gasteiger partial charge in [-0.05, 0) is 23.6 Å². The summed E-state index contributed by atoms with van der Waals surface area (Å²) in [5.74, 6) is 1.80. The first-order valence-electron chi connectivity index (χ1n) is 9.50. The van der Waals surface area contributed by atoms with Crippen molar-refractivity contribution in [1.82, 2.24) is 19.8 Å². The second-order valence-electron chi connectivity index (χ2n) is 6.70. The third-order valence-corrected chi connectivity index (χ3v) is 6.44. The van der Waals surface area contributed by atoms with Gasteiger partial charge in [0.05, 0.1) is 11.1 Å². The molecule has 0 saturated carbocycles. The molecule has 0 unspecified atom stereocenters. The van der Waals surface area contributed by atoms with Crippen LogP contribution in [0.4, 0.5) is 5.82 Å². The van der Waals surface area contributed by atoms with Crippen LogP contribution in [0.2, 0.25) is 0 Å². The number of nitrogen functional groups attached to an aromatic ring is 1. The Balaban J connectivity index is 1.19. The molecule has 0 aliphatic carbocycles. The van der Waals surface area contributed by atoms with Gasteiger partial charge in [-0.15, -0.1) is 11.3 Å². The van der Waals surface area contributed by atoms with Crippen molar-refractivity contribution in [3.8, 4) is 5.75 Å². The third-order valence-electron chi connectivity index (χ3n) is 4.80. The summed E-state index contributed by atoms with van der Waals surface area (Å²) in [5.41, 5.74) is 5.97. The lowest BCUT2D eigenvalue weighted by Crippen LogP contribution is -2.50. The van der Waals surface area contributed by atoms with Crippen molar-refractivity contribution in [1.29, 1.82) is 0 Å². The van der Waals surface area contributed by atoms with Gasteiger partial charge in [0, 0.05) is 32.7 Å². The van der Waals surface area contributed by atoms with Gasteiger partial charge in [0.15, 0.2) is 5.16 Å². The normalized spacial score (nSPS) is 15.0. The molecule has 3 heterocycles. The molecule has 1 aliphatic heterocycles. The topological polar surface area (TPSA) is 84.6 Å². The van der Waals surface area contributed by atoms with Crippen LogP contribution < -0.4 is 10.5 Å². The Morgan fingerprint density at radius 3 is 2.72 bits per heavy atom. The van der Waals surface area contributed by atoms with Crippen LogP contribution in [-0.4, -0.2) is 70.8 Å². The third kappa shape index (κ3) is 5.17. The molecule has 1 saturated heterocycles. The fraction of sp³-hybridized carbons (Fsp3) is 0.350. The van der Waals surface area contributed by atoms with E-state index >= 15 is 0 Å². The summed E-state index contributed by atoms with van der Waals surface area (Å²) in [6, 6.07) is 11.7. The minimum atomic E-state index is 0.114. The van der Waals surface area contributed by atoms with Gasteiger partial charge in [-0.2, -0.15) is 0 Å². The maximum atomic E-state index is 12.6. The largest absolute Gasteiger partial charge is 0.492 e. The molecule has 2 aromatic heterocycles. The number of para-hydroxylation sites is 1. The molecule has 3 aromatic rings. The number of nitrogens with zero attached hydrogens (tertiary/aromatic N) is 4. The number of ether oxygens (including phenoxy) is 1. The molecule has 152 valence electrons. The van der Waals surface area contributed by atoms with Gasteiger partial charge < -0.3 is 15.4 Å². The van der Waals surface area contributed by atoms with E-state index in [2.05, 4.69) is 14.9 Å². The highest BCUT2D eigenvalue weighted by atomic mass is 32.2. The Bertz CT molecular complexity index is 958. The first-order valence-corrected chi connectivity index (χ1v) is 11.4. The van der Waals surface area contributed by atoms with E-state index in [1.807, 2.05) is 46.7 Å². The number of carbonyl (C=O) groups excluding carboxylic acids is 1. The second kappa shape index (κ2) is 9.43. The van der Waals surface area contributed by atoms with Gasteiger partial charge in [0.1, 0.15) is 23.0 Å². The standard InChI is InChI=1S/C20H23N5O2S2/c21-18-16-6-13-28-19(16)23-20(22-18)29-14-17(26)25-9-7-24(8-10-25)11-12-27-15-4-2-1-3-5-15/h1-6,13H,7-12,14H2,(H2,21,22,23). The lowest BCUT2D eigenvalue weighted by Gasteiger charge is -2.34. The zero-order chi connectivity index (χ0) is 20.1. The number of amides is 1. The highest BCUT2D eigenvalue weighted by Crippen LogP contribution is 2.26. The van der Waals surface area contributed by atoms with E-state index in [4.69, 9.17) is 10.5 Å². The van der Waals surface area contributed by atoms with Crippen molar-refractivity contribution in [2.24, 2.45) is 0 Å². The Kier molecular flexibility index (Phi) is 6.48. The summed E-state index contributed by atoms with van der Waals surface area (Å²) in [4.78, 5) is 26.4. The van der Waals surface area contributed by atoms with Crippen molar-refractivity contribution in [2.75, 3.05) is 50.8 Å². The van der Waals surface area contributed by atoms with E-state index in [1.165, 1.54) is 23.1 Å². The smallest absolute Gasteiger partial charge is 0.233 e. The molecule has 4 rings (SSSR count). The summed E-state index contributed by atoms with van der Waals surface area (Å²) >= 11 is 2.87. The maximum absolute atomic E-state index is 12.6. The lowest BCUT2D eigenvalue weighted by molar-refractivity contribution is -0.130. The predicted molar refractivity (Wildman–Crippen MR) is 118 cm³/mol. The fourth-order valence-corrected chi connectivity index (χ4v) is 4.75. The molecule has 1 fully saturated rings. The van der Waals surface area contributed by atoms with Crippen LogP contribution in [0.1, 0.15) is 0 Å². The van der Waals surface area contributed by atoms with E-state index in [0.29, 0.717) is 23.3 Å². The van der Waals surface area contributed by atoms with E-state index in [1.54, 1.807) is 0 Å². The number of hydrogen-bond donors (Lipinski definition) is 1. The highest BCUT2D eigenvalue weighted by molar-refractivity contribution is 7.99. The number of aromatic nitrogens is 2. The Labute approximate surface area is 177 Å². The molecule has 0 bridgehead atoms. The van der Waals surface area contributed by atoms with Crippen LogP contribution in [0.15, 0.2) is 46.9 Å². The number of thioether (sulfide) groups is 1. The SMILES string of the molecule is Nc1nc(SCC(=O)N2CCN(CCOc3ccccc3)CC2)nc2sccc12. The average molecular weight is 430 g/mol. The molecule has 0 radical (unpaired) electrons. The van der Waals surface area contributed by atoms with Gasteiger partial charge in [0.25, 0.3) is 0 Å². The molecule has 0 atom stereocenters. The van der Waals surface area contributed by atoms with Crippen LogP contribution in [0, 0.1) is 0 Å². The highest BCUT2D eigenvalue weighted by Gasteiger charge is 2.21. The van der Waals surface area contributed by atoms with Crippen LogP contribution in [-0.2, 0) is 4.79 Å². The fourth-order valence-electron chi connectivity index (χ4n) is 3.17. The molecule has 2 N–H and O–H groups in total. The monoisotopic (exact) mass is 429 g/mol. The Hall–Kier alpha value is -2.36. The summed E-state index contributed by atoms with van der Waals surface area (Å²) in [5, 5.41) is 3.38. The number of rotatable bonds is 7. The van der Waals surface area contributed by atoms with Gasteiger partial charge in [-0.25, -0.2) is 9.97 Å². The molecule has 1 aromatic carbocycles. The van der Waals surface area contributed by atoms with Gasteiger partial charge >= 0.3 is 0 Å². The quantitative estimate of drug-likeness (QED) is 0.456. The first-order chi connectivity index (χ1) is 14.2. The maximum Gasteiger partial charge on any atom is 0.233 e. The average Bonchev–Trinajstić information content (AvgIpc) is 3.23. The molecule has 29 heavy (non-hydrogen) atoms. The van der Waals surface area contributed by atoms with Crippen molar-refractivity contribution in [3.63, 3.8) is 0 Å². The van der Waals surface area contributed by atoms with Gasteiger partial charge in [-0.1, -0.05) is 30.0 Å². The van der Waals surface area contributed by atoms with E-state index < -0.39 is 0 Å². The number of benzene rings is 1. The summed E-state index contributed by atoms with van der Waals surface area (Å²) in [7, 11) is 0. The lowest BCUT2D eigenvalue weighted by atomic mass is 10.3. The van der Waals surface area contributed by atoms with Crippen molar-refractivity contribution in [2.45, 2.75) is 5.16 Å². The molecule has 9 heteroatoms. The van der Waals surface area contributed by atoms with Crippen LogP contribution >= 0.6 is 23.1 Å². The summed E-state index contributed by atoms with van der Waals surface area (Å²) in [6.45, 7) is 4.70. The summed E-state index contributed by atoms with van der Waals surface area (Å²) < 4.78 is 5.76. The first kappa shape index (κ1) is 19.9. The Morgan fingerprint density at radius 1 is 1.14 bits per heavy atom. The number of nitrogens with two attached hydrogens (primary N) is 1. The van der Waals surface area contributed by atoms with E-state index in [0.717, 1.165) is 48.7 Å². The van der Waals surface area contributed by atoms with Crippen molar-refractivity contribution in [3.05, 3.63) is 41.8 Å². The molecular formula is C20H23N5O2S2. The zero-order valence-corrected chi connectivity index (χ0v) is 17.6. The second-order valence-corrected chi connectivity index (χ2v) is 8.54. The zero-order valence-electron chi connectivity index (χ0n) is 16.0. The Morgan fingerprint density at radius 2 is 1.93 bits per heavy atom. The van der Waals surface area contributed by atoms with Gasteiger partial charge in [0.2, 0.25) is 5.91 Å². The van der Waals surface area contributed by atoms with E-state index in [-0.39, 0.29) is 5.91 Å². The van der Waals surface area contributed by atoms with Crippen LogP contribution in [0.5, 0.6) is 5.75 Å².